The Labute approximate surface area is 198 Å². The van der Waals surface area contributed by atoms with Crippen molar-refractivity contribution in [1.82, 2.24) is 4.90 Å². The van der Waals surface area contributed by atoms with Gasteiger partial charge in [-0.15, -0.1) is 0 Å². The molecule has 2 amide bonds. The van der Waals surface area contributed by atoms with E-state index in [0.717, 1.165) is 27.8 Å². The van der Waals surface area contributed by atoms with Gasteiger partial charge in [0.15, 0.2) is 0 Å². The molecule has 1 heterocycles. The van der Waals surface area contributed by atoms with E-state index in [1.165, 1.54) is 12.1 Å². The van der Waals surface area contributed by atoms with Gasteiger partial charge in [0.25, 0.3) is 11.1 Å². The van der Waals surface area contributed by atoms with Gasteiger partial charge in [-0.25, -0.2) is 4.39 Å². The maximum absolute atomic E-state index is 13.1. The zero-order chi connectivity index (χ0) is 22.7. The molecule has 1 fully saturated rings. The van der Waals surface area contributed by atoms with Crippen molar-refractivity contribution in [2.24, 2.45) is 0 Å². The van der Waals surface area contributed by atoms with Crippen molar-refractivity contribution < 1.29 is 18.7 Å². The van der Waals surface area contributed by atoms with Gasteiger partial charge < -0.3 is 4.74 Å². The van der Waals surface area contributed by atoms with E-state index in [4.69, 9.17) is 27.9 Å². The van der Waals surface area contributed by atoms with E-state index in [-0.39, 0.29) is 30.1 Å². The second-order valence-corrected chi connectivity index (χ2v) is 8.82. The fraction of sp³-hybridized carbons (Fsp3) is 0.0833. The van der Waals surface area contributed by atoms with E-state index in [1.807, 2.05) is 0 Å². The third-order valence-electron chi connectivity index (χ3n) is 4.71. The van der Waals surface area contributed by atoms with Gasteiger partial charge in [0.2, 0.25) is 0 Å². The summed E-state index contributed by atoms with van der Waals surface area (Å²) in [6.07, 6.45) is 1.66. The minimum absolute atomic E-state index is 0.0995. The Hall–Kier alpha value is -2.80. The summed E-state index contributed by atoms with van der Waals surface area (Å²) < 4.78 is 18.8. The molecule has 0 aliphatic carbocycles. The minimum atomic E-state index is -0.373. The van der Waals surface area contributed by atoms with Crippen LogP contribution < -0.4 is 4.74 Å². The van der Waals surface area contributed by atoms with E-state index < -0.39 is 0 Å². The summed E-state index contributed by atoms with van der Waals surface area (Å²) in [6.45, 7) is 0.389. The number of nitrogens with zero attached hydrogens (tertiary/aromatic N) is 1. The summed E-state index contributed by atoms with van der Waals surface area (Å²) >= 11 is 12.9. The average molecular weight is 488 g/mol. The molecule has 162 valence electrons. The highest BCUT2D eigenvalue weighted by Gasteiger charge is 2.34. The van der Waals surface area contributed by atoms with E-state index in [9.17, 15) is 14.0 Å². The lowest BCUT2D eigenvalue weighted by atomic mass is 10.2. The molecule has 4 rings (SSSR count). The fourth-order valence-electron chi connectivity index (χ4n) is 3.02. The third kappa shape index (κ3) is 5.33. The lowest BCUT2D eigenvalue weighted by molar-refractivity contribution is -0.123. The van der Waals surface area contributed by atoms with Crippen molar-refractivity contribution in [2.45, 2.75) is 13.2 Å². The van der Waals surface area contributed by atoms with Crippen molar-refractivity contribution in [3.05, 3.63) is 104 Å². The number of imide groups is 1. The van der Waals surface area contributed by atoms with Crippen LogP contribution in [-0.2, 0) is 17.9 Å². The molecular weight excluding hydrogens is 472 g/mol. The Morgan fingerprint density at radius 1 is 0.969 bits per heavy atom. The standard InChI is InChI=1S/C24H16Cl2FNO3S/c25-18-6-5-17(21(26)12-18)14-31-20-9-3-15(4-10-20)11-22-23(29)28(24(30)32-22)13-16-1-7-19(27)8-2-16/h1-12H,13-14H2/b22-11+. The summed E-state index contributed by atoms with van der Waals surface area (Å²) in [7, 11) is 0. The highest BCUT2D eigenvalue weighted by atomic mass is 35.5. The molecule has 0 spiro atoms. The molecule has 0 atom stereocenters. The van der Waals surface area contributed by atoms with Crippen LogP contribution in [0, 0.1) is 5.82 Å². The number of hydrogen-bond acceptors (Lipinski definition) is 4. The van der Waals surface area contributed by atoms with E-state index in [2.05, 4.69) is 0 Å². The molecular formula is C24H16Cl2FNO3S. The first kappa shape index (κ1) is 22.4. The Bertz CT molecular complexity index is 1200. The van der Waals surface area contributed by atoms with Gasteiger partial charge in [-0.05, 0) is 65.4 Å². The van der Waals surface area contributed by atoms with Gasteiger partial charge in [0.05, 0.1) is 11.4 Å². The lowest BCUT2D eigenvalue weighted by Gasteiger charge is -2.12. The van der Waals surface area contributed by atoms with E-state index >= 15 is 0 Å². The molecule has 0 bridgehead atoms. The zero-order valence-corrected chi connectivity index (χ0v) is 18.9. The van der Waals surface area contributed by atoms with Gasteiger partial charge in [-0.2, -0.15) is 0 Å². The van der Waals surface area contributed by atoms with E-state index in [0.29, 0.717) is 26.3 Å². The number of benzene rings is 3. The van der Waals surface area contributed by atoms with Gasteiger partial charge in [-0.3, -0.25) is 14.5 Å². The molecule has 0 unspecified atom stereocenters. The predicted molar refractivity (Wildman–Crippen MR) is 125 cm³/mol. The number of amides is 2. The summed E-state index contributed by atoms with van der Waals surface area (Å²) in [6, 6.07) is 18.1. The largest absolute Gasteiger partial charge is 0.489 e. The number of ether oxygens (including phenoxy) is 1. The number of hydrogen-bond donors (Lipinski definition) is 0. The van der Waals surface area contributed by atoms with E-state index in [1.54, 1.807) is 60.7 Å². The Morgan fingerprint density at radius 2 is 1.69 bits per heavy atom. The molecule has 3 aromatic carbocycles. The number of carbonyl (C=O) groups is 2. The fourth-order valence-corrected chi connectivity index (χ4v) is 4.32. The zero-order valence-electron chi connectivity index (χ0n) is 16.6. The highest BCUT2D eigenvalue weighted by molar-refractivity contribution is 8.18. The van der Waals surface area contributed by atoms with Crippen LogP contribution in [0.4, 0.5) is 9.18 Å². The molecule has 4 nitrogen and oxygen atoms in total. The maximum atomic E-state index is 13.1. The molecule has 1 aliphatic rings. The van der Waals surface area contributed by atoms with Crippen LogP contribution in [0.15, 0.2) is 71.6 Å². The quantitative estimate of drug-likeness (QED) is 0.353. The van der Waals surface area contributed by atoms with Gasteiger partial charge >= 0.3 is 0 Å². The van der Waals surface area contributed by atoms with Crippen LogP contribution in [0.3, 0.4) is 0 Å². The molecule has 0 radical (unpaired) electrons. The number of halogens is 3. The average Bonchev–Trinajstić information content (AvgIpc) is 3.03. The van der Waals surface area contributed by atoms with Crippen LogP contribution in [0.25, 0.3) is 6.08 Å². The normalized spacial score (nSPS) is 15.0. The predicted octanol–water partition coefficient (Wildman–Crippen LogP) is 6.95. The highest BCUT2D eigenvalue weighted by Crippen LogP contribution is 2.33. The van der Waals surface area contributed by atoms with Crippen LogP contribution in [0.1, 0.15) is 16.7 Å². The third-order valence-corrected chi connectivity index (χ3v) is 6.21. The smallest absolute Gasteiger partial charge is 0.293 e. The lowest BCUT2D eigenvalue weighted by Crippen LogP contribution is -2.27. The van der Waals surface area contributed by atoms with Gasteiger partial charge in [-0.1, -0.05) is 53.5 Å². The number of carbonyl (C=O) groups excluding carboxylic acids is 2. The Morgan fingerprint density at radius 3 is 2.38 bits per heavy atom. The second-order valence-electron chi connectivity index (χ2n) is 6.99. The second kappa shape index (κ2) is 9.77. The summed E-state index contributed by atoms with van der Waals surface area (Å²) in [5, 5.41) is 0.737. The van der Waals surface area contributed by atoms with Crippen molar-refractivity contribution in [2.75, 3.05) is 0 Å². The van der Waals surface area contributed by atoms with Gasteiger partial charge in [0, 0.05) is 15.6 Å². The summed E-state index contributed by atoms with van der Waals surface area (Å²) in [5.41, 5.74) is 2.25. The maximum Gasteiger partial charge on any atom is 0.293 e. The minimum Gasteiger partial charge on any atom is -0.489 e. The first-order valence-electron chi connectivity index (χ1n) is 9.55. The Kier molecular flexibility index (Phi) is 6.84. The number of rotatable bonds is 6. The van der Waals surface area contributed by atoms with Crippen LogP contribution >= 0.6 is 35.0 Å². The molecule has 0 N–H and O–H groups in total. The first-order valence-corrected chi connectivity index (χ1v) is 11.1. The van der Waals surface area contributed by atoms with Crippen LogP contribution in [0.5, 0.6) is 5.75 Å². The van der Waals surface area contributed by atoms with Crippen molar-refractivity contribution in [3.63, 3.8) is 0 Å². The molecule has 1 aliphatic heterocycles. The van der Waals surface area contributed by atoms with Crippen LogP contribution in [-0.4, -0.2) is 16.0 Å². The van der Waals surface area contributed by atoms with Crippen molar-refractivity contribution in [3.8, 4) is 5.75 Å². The Balaban J connectivity index is 1.40. The van der Waals surface area contributed by atoms with Crippen molar-refractivity contribution in [1.29, 1.82) is 0 Å². The molecule has 3 aromatic rings. The molecule has 8 heteroatoms. The number of thioether (sulfide) groups is 1. The summed E-state index contributed by atoms with van der Waals surface area (Å²) in [5.74, 6) is -0.105. The molecule has 1 saturated heterocycles. The SMILES string of the molecule is O=C1S/C(=C/c2ccc(OCc3ccc(Cl)cc3Cl)cc2)C(=O)N1Cc1ccc(F)cc1. The van der Waals surface area contributed by atoms with Crippen LogP contribution in [0.2, 0.25) is 10.0 Å². The van der Waals surface area contributed by atoms with Crippen molar-refractivity contribution >= 4 is 52.2 Å². The monoisotopic (exact) mass is 487 g/mol. The molecule has 32 heavy (non-hydrogen) atoms. The summed E-state index contributed by atoms with van der Waals surface area (Å²) in [4.78, 5) is 26.4. The topological polar surface area (TPSA) is 46.6 Å². The first-order chi connectivity index (χ1) is 15.4. The molecule has 0 aromatic heterocycles. The molecule has 0 saturated carbocycles. The van der Waals surface area contributed by atoms with Gasteiger partial charge in [0.1, 0.15) is 18.2 Å².